The number of piperidine rings is 1. The first kappa shape index (κ1) is 33.1. The number of carbonyl (C=O) groups excluding carboxylic acids is 2. The molecular weight excluding hydrogens is 581 g/mol. The van der Waals surface area contributed by atoms with E-state index in [9.17, 15) is 22.4 Å². The molecular formula is C33H52FN5O4S. The lowest BCUT2D eigenvalue weighted by Gasteiger charge is -2.50. The normalized spacial score (nSPS) is 28.0. The first-order valence-corrected chi connectivity index (χ1v) is 18.1. The maximum Gasteiger partial charge on any atom is 0.318 e. The van der Waals surface area contributed by atoms with Crippen LogP contribution in [0.4, 0.5) is 9.18 Å². The van der Waals surface area contributed by atoms with Gasteiger partial charge in [0.25, 0.3) is 0 Å². The van der Waals surface area contributed by atoms with Crippen LogP contribution in [0.5, 0.6) is 0 Å². The number of urea groups is 1. The number of carbonyl (C=O) groups is 2. The van der Waals surface area contributed by atoms with E-state index in [4.69, 9.17) is 0 Å². The van der Waals surface area contributed by atoms with Crippen LogP contribution >= 0.6 is 0 Å². The number of nitrogens with one attached hydrogen (secondary N) is 2. The molecule has 246 valence electrons. The molecule has 4 fully saturated rings. The minimum absolute atomic E-state index is 0.133. The Morgan fingerprint density at radius 1 is 0.955 bits per heavy atom. The van der Waals surface area contributed by atoms with Gasteiger partial charge in [0.2, 0.25) is 15.9 Å². The van der Waals surface area contributed by atoms with Crippen molar-refractivity contribution in [1.82, 2.24) is 24.7 Å². The molecule has 3 aliphatic heterocycles. The van der Waals surface area contributed by atoms with E-state index < -0.39 is 20.8 Å². The molecule has 1 saturated carbocycles. The van der Waals surface area contributed by atoms with E-state index >= 15 is 0 Å². The van der Waals surface area contributed by atoms with E-state index in [0.29, 0.717) is 51.6 Å². The predicted molar refractivity (Wildman–Crippen MR) is 170 cm³/mol. The predicted octanol–water partition coefficient (Wildman–Crippen LogP) is 4.13. The van der Waals surface area contributed by atoms with E-state index in [2.05, 4.69) is 10.6 Å². The Kier molecular flexibility index (Phi) is 9.97. The fraction of sp³-hybridized carbons (Fsp3) is 0.758. The van der Waals surface area contributed by atoms with Crippen molar-refractivity contribution >= 4 is 22.0 Å². The Labute approximate surface area is 263 Å². The molecule has 0 spiro atoms. The summed E-state index contributed by atoms with van der Waals surface area (Å²) in [6.07, 6.45) is 8.18. The SMILES string of the molecule is CC1CN(C(=O)N[C@H](Cc2ccc(F)cc2)C(=O)N2CCC(CN3CCC(C)(C)S3(=O)=O)(C3CCCCC3)CC2)CC(C)N1. The summed E-state index contributed by atoms with van der Waals surface area (Å²) in [4.78, 5) is 31.2. The van der Waals surface area contributed by atoms with Crippen molar-refractivity contribution in [3.63, 3.8) is 0 Å². The Balaban J connectivity index is 1.32. The highest BCUT2D eigenvalue weighted by Gasteiger charge is 2.51. The summed E-state index contributed by atoms with van der Waals surface area (Å²) in [5, 5.41) is 6.47. The topological polar surface area (TPSA) is 102 Å². The molecule has 4 aliphatic rings. The van der Waals surface area contributed by atoms with Crippen LogP contribution in [0.1, 0.15) is 84.6 Å². The fourth-order valence-corrected chi connectivity index (χ4v) is 9.91. The van der Waals surface area contributed by atoms with E-state index in [-0.39, 0.29) is 41.7 Å². The number of sulfonamides is 1. The zero-order valence-electron chi connectivity index (χ0n) is 27.0. The molecule has 3 saturated heterocycles. The summed E-state index contributed by atoms with van der Waals surface area (Å²) in [6, 6.07) is 5.34. The van der Waals surface area contributed by atoms with E-state index in [1.165, 1.54) is 31.4 Å². The van der Waals surface area contributed by atoms with Gasteiger partial charge in [0, 0.05) is 57.8 Å². The summed E-state index contributed by atoms with van der Waals surface area (Å²) in [7, 11) is -3.39. The Bertz CT molecular complexity index is 1270. The van der Waals surface area contributed by atoms with Gasteiger partial charge < -0.3 is 20.4 Å². The zero-order valence-corrected chi connectivity index (χ0v) is 27.8. The van der Waals surface area contributed by atoms with Crippen molar-refractivity contribution in [2.45, 2.75) is 108 Å². The quantitative estimate of drug-likeness (QED) is 0.470. The van der Waals surface area contributed by atoms with Crippen LogP contribution in [0.2, 0.25) is 0 Å². The fourth-order valence-electron chi connectivity index (χ4n) is 8.10. The molecule has 1 aliphatic carbocycles. The maximum atomic E-state index is 14.1. The second kappa shape index (κ2) is 13.2. The lowest BCUT2D eigenvalue weighted by Crippen LogP contribution is -2.61. The van der Waals surface area contributed by atoms with Crippen LogP contribution in [0.3, 0.4) is 0 Å². The van der Waals surface area contributed by atoms with Gasteiger partial charge in [0.15, 0.2) is 0 Å². The molecule has 3 amide bonds. The van der Waals surface area contributed by atoms with Crippen molar-refractivity contribution in [3.05, 3.63) is 35.6 Å². The smallest absolute Gasteiger partial charge is 0.318 e. The molecule has 0 bridgehead atoms. The number of hydrogen-bond acceptors (Lipinski definition) is 5. The third kappa shape index (κ3) is 7.09. The van der Waals surface area contributed by atoms with Crippen molar-refractivity contribution in [2.24, 2.45) is 11.3 Å². The largest absolute Gasteiger partial charge is 0.341 e. The minimum atomic E-state index is -3.39. The van der Waals surface area contributed by atoms with Gasteiger partial charge >= 0.3 is 6.03 Å². The first-order valence-electron chi connectivity index (χ1n) is 16.6. The van der Waals surface area contributed by atoms with Crippen LogP contribution in [-0.4, -0.2) is 96.6 Å². The Morgan fingerprint density at radius 3 is 2.14 bits per heavy atom. The number of halogens is 1. The van der Waals surface area contributed by atoms with Gasteiger partial charge in [-0.1, -0.05) is 31.4 Å². The number of hydrogen-bond donors (Lipinski definition) is 2. The van der Waals surface area contributed by atoms with Crippen molar-refractivity contribution in [3.8, 4) is 0 Å². The standard InChI is InChI=1S/C33H52FN5O4S/c1-24-21-38(22-25(2)35-24)31(41)36-29(20-26-10-12-28(34)13-11-26)30(40)37-17-15-33(16-18-37,27-8-6-5-7-9-27)23-39-19-14-32(3,4)44(39,42)43/h10-13,24-25,27,29,35H,5-9,14-23H2,1-4H3,(H,36,41)/t24?,25?,29-/m1/s1. The summed E-state index contributed by atoms with van der Waals surface area (Å²) >= 11 is 0. The first-order chi connectivity index (χ1) is 20.8. The summed E-state index contributed by atoms with van der Waals surface area (Å²) < 4.78 is 41.5. The van der Waals surface area contributed by atoms with Crippen LogP contribution < -0.4 is 10.6 Å². The molecule has 2 N–H and O–H groups in total. The number of amides is 3. The Morgan fingerprint density at radius 2 is 1.57 bits per heavy atom. The Hall–Kier alpha value is -2.24. The van der Waals surface area contributed by atoms with E-state index in [1.54, 1.807) is 21.3 Å². The highest BCUT2D eigenvalue weighted by molar-refractivity contribution is 7.90. The summed E-state index contributed by atoms with van der Waals surface area (Å²) in [6.45, 7) is 11.0. The molecule has 0 radical (unpaired) electrons. The van der Waals surface area contributed by atoms with Crippen LogP contribution in [0.25, 0.3) is 0 Å². The molecule has 11 heteroatoms. The van der Waals surface area contributed by atoms with Crippen LogP contribution in [0.15, 0.2) is 24.3 Å². The second-order valence-electron chi connectivity index (χ2n) is 14.6. The van der Waals surface area contributed by atoms with E-state index in [0.717, 1.165) is 31.2 Å². The number of benzene rings is 1. The number of likely N-dealkylation sites (tertiary alicyclic amines) is 1. The average Bonchev–Trinajstić information content (AvgIpc) is 3.19. The third-order valence-electron chi connectivity index (χ3n) is 10.8. The lowest BCUT2D eigenvalue weighted by molar-refractivity contribution is -0.136. The van der Waals surface area contributed by atoms with Crippen LogP contribution in [0, 0.1) is 17.2 Å². The highest BCUT2D eigenvalue weighted by Crippen LogP contribution is 2.48. The van der Waals surface area contributed by atoms with Gasteiger partial charge in [-0.25, -0.2) is 21.9 Å². The molecule has 2 unspecified atom stereocenters. The van der Waals surface area contributed by atoms with E-state index in [1.807, 2.05) is 32.6 Å². The van der Waals surface area contributed by atoms with Crippen molar-refractivity contribution in [2.75, 3.05) is 39.3 Å². The van der Waals surface area contributed by atoms with Gasteiger partial charge in [-0.3, -0.25) is 4.79 Å². The maximum absolute atomic E-state index is 14.1. The third-order valence-corrected chi connectivity index (χ3v) is 13.4. The molecule has 1 aromatic rings. The minimum Gasteiger partial charge on any atom is -0.341 e. The van der Waals surface area contributed by atoms with Crippen molar-refractivity contribution in [1.29, 1.82) is 0 Å². The molecule has 44 heavy (non-hydrogen) atoms. The lowest BCUT2D eigenvalue weighted by atomic mass is 9.63. The van der Waals surface area contributed by atoms with Gasteiger partial charge in [-0.05, 0) is 88.8 Å². The molecule has 1 aromatic carbocycles. The van der Waals surface area contributed by atoms with Gasteiger partial charge in [-0.2, -0.15) is 0 Å². The summed E-state index contributed by atoms with van der Waals surface area (Å²) in [5.74, 6) is -0.0344. The molecule has 5 rings (SSSR count). The molecule has 3 heterocycles. The molecule has 0 aromatic heterocycles. The van der Waals surface area contributed by atoms with Gasteiger partial charge in [0.1, 0.15) is 11.9 Å². The van der Waals surface area contributed by atoms with Gasteiger partial charge in [0.05, 0.1) is 4.75 Å². The highest BCUT2D eigenvalue weighted by atomic mass is 32.2. The molecule has 9 nitrogen and oxygen atoms in total. The summed E-state index contributed by atoms with van der Waals surface area (Å²) in [5.41, 5.74) is 0.621. The zero-order chi connectivity index (χ0) is 31.7. The molecule has 3 atom stereocenters. The monoisotopic (exact) mass is 633 g/mol. The second-order valence-corrected chi connectivity index (χ2v) is 17.1. The van der Waals surface area contributed by atoms with Gasteiger partial charge in [-0.15, -0.1) is 0 Å². The van der Waals surface area contributed by atoms with Crippen molar-refractivity contribution < 1.29 is 22.4 Å². The number of piperazine rings is 1. The average molecular weight is 634 g/mol. The number of rotatable bonds is 7. The van der Waals surface area contributed by atoms with Crippen LogP contribution in [-0.2, 0) is 21.2 Å². The number of nitrogens with zero attached hydrogens (tertiary/aromatic N) is 3.